The smallest absolute Gasteiger partial charge is 0.412 e. The van der Waals surface area contributed by atoms with Gasteiger partial charge >= 0.3 is 12.1 Å². The molecule has 0 spiro atoms. The fourth-order valence-electron chi connectivity index (χ4n) is 5.63. The lowest BCUT2D eigenvalue weighted by molar-refractivity contribution is 0.0222. The predicted octanol–water partition coefficient (Wildman–Crippen LogP) is 9.61. The largest absolute Gasteiger partial charge is 0.490 e. The first-order valence-corrected chi connectivity index (χ1v) is 22.0. The van der Waals surface area contributed by atoms with Gasteiger partial charge in [0.05, 0.1) is 24.5 Å². The number of benzene rings is 3. The van der Waals surface area contributed by atoms with Gasteiger partial charge in [-0.25, -0.2) is 19.6 Å². The quantitative estimate of drug-likeness (QED) is 0.0489. The van der Waals surface area contributed by atoms with Gasteiger partial charge in [0.15, 0.2) is 6.79 Å². The molecule has 1 aliphatic carbocycles. The summed E-state index contributed by atoms with van der Waals surface area (Å²) in [6, 6.07) is 20.8. The minimum absolute atomic E-state index is 0.0333. The van der Waals surface area contributed by atoms with Gasteiger partial charge in [-0.3, -0.25) is 5.32 Å². The second-order valence-electron chi connectivity index (χ2n) is 15.4. The van der Waals surface area contributed by atoms with Crippen molar-refractivity contribution in [2.24, 2.45) is 0 Å². The number of methoxy groups -OCH3 is 1. The van der Waals surface area contributed by atoms with Gasteiger partial charge in [-0.1, -0.05) is 19.6 Å². The molecule has 12 nitrogen and oxygen atoms in total. The van der Waals surface area contributed by atoms with Crippen LogP contribution in [0.1, 0.15) is 62.4 Å². The summed E-state index contributed by atoms with van der Waals surface area (Å²) >= 11 is 0. The van der Waals surface area contributed by atoms with Crippen molar-refractivity contribution in [3.05, 3.63) is 84.1 Å². The fraction of sp³-hybridized carbons (Fsp3) is 0.415. The molecule has 4 aromatic rings. The molecule has 5 rings (SSSR count). The summed E-state index contributed by atoms with van der Waals surface area (Å²) < 4.78 is 34.7. The standard InChI is InChI=1S/C41H52N4O8Si/c1-41(2,3)53-40(47)44-30-13-16-32(17-14-30)50-26-29-24-31(15-19-36(29)52-33-10-8-9-11-33)43-39-42-21-20-35(45-39)34-18-12-28(38(46)48-4)25-37(34)51-27-49-22-23-54(5,6)7/h12-21,24-25,33H,8-11,22-23,26-27H2,1-7H3,(H,44,47)(H,42,43,45). The first-order valence-electron chi connectivity index (χ1n) is 18.3. The maximum absolute atomic E-state index is 12.3. The fourth-order valence-corrected chi connectivity index (χ4v) is 6.38. The Labute approximate surface area is 318 Å². The van der Waals surface area contributed by atoms with E-state index in [1.54, 1.807) is 54.7 Å². The number of nitrogens with one attached hydrogen (secondary N) is 2. The molecular formula is C41H52N4O8Si. The Hall–Kier alpha value is -5.14. The Kier molecular flexibility index (Phi) is 13.5. The maximum Gasteiger partial charge on any atom is 0.412 e. The van der Waals surface area contributed by atoms with Crippen LogP contribution in [0.4, 0.5) is 22.1 Å². The molecule has 13 heteroatoms. The molecular weight excluding hydrogens is 705 g/mol. The summed E-state index contributed by atoms with van der Waals surface area (Å²) in [5.41, 5.74) is 3.22. The molecule has 0 bridgehead atoms. The Morgan fingerprint density at radius 1 is 0.889 bits per heavy atom. The van der Waals surface area contributed by atoms with Crippen molar-refractivity contribution >= 4 is 37.5 Å². The van der Waals surface area contributed by atoms with E-state index < -0.39 is 25.7 Å². The summed E-state index contributed by atoms with van der Waals surface area (Å²) in [4.78, 5) is 33.8. The first kappa shape index (κ1) is 40.1. The third-order valence-corrected chi connectivity index (χ3v) is 10.1. The van der Waals surface area contributed by atoms with Crippen molar-refractivity contribution in [2.45, 2.75) is 90.5 Å². The molecule has 288 valence electrons. The highest BCUT2D eigenvalue weighted by Crippen LogP contribution is 2.33. The number of esters is 1. The number of amides is 1. The molecule has 2 N–H and O–H groups in total. The van der Waals surface area contributed by atoms with Crippen LogP contribution in [0, 0.1) is 0 Å². The van der Waals surface area contributed by atoms with Gasteiger partial charge in [0, 0.05) is 43.4 Å². The second kappa shape index (κ2) is 18.3. The van der Waals surface area contributed by atoms with Crippen molar-refractivity contribution in [3.8, 4) is 28.5 Å². The lowest BCUT2D eigenvalue weighted by atomic mass is 10.1. The molecule has 1 aromatic heterocycles. The Morgan fingerprint density at radius 2 is 1.63 bits per heavy atom. The van der Waals surface area contributed by atoms with Gasteiger partial charge in [0.25, 0.3) is 0 Å². The van der Waals surface area contributed by atoms with Crippen LogP contribution in [0.3, 0.4) is 0 Å². The van der Waals surface area contributed by atoms with E-state index in [0.717, 1.165) is 48.7 Å². The molecule has 1 heterocycles. The molecule has 3 aromatic carbocycles. The number of carbonyl (C=O) groups excluding carboxylic acids is 2. The minimum atomic E-state index is -1.26. The first-order chi connectivity index (χ1) is 25.7. The summed E-state index contributed by atoms with van der Waals surface area (Å²) in [7, 11) is 0.0815. The van der Waals surface area contributed by atoms with Crippen molar-refractivity contribution < 1.29 is 38.0 Å². The molecule has 0 aliphatic heterocycles. The molecule has 1 fully saturated rings. The summed E-state index contributed by atoms with van der Waals surface area (Å²) in [6.45, 7) is 13.2. The zero-order valence-electron chi connectivity index (χ0n) is 32.3. The van der Waals surface area contributed by atoms with Gasteiger partial charge in [-0.2, -0.15) is 0 Å². The van der Waals surface area contributed by atoms with Crippen LogP contribution in [-0.2, 0) is 20.8 Å². The molecule has 0 saturated heterocycles. The SMILES string of the molecule is COC(=O)c1ccc(-c2ccnc(Nc3ccc(OC4CCCC4)c(COc4ccc(NC(=O)OC(C)(C)C)cc4)c3)n2)c(OCOCC[Si](C)(C)C)c1. The van der Waals surface area contributed by atoms with Gasteiger partial charge in [0.2, 0.25) is 5.95 Å². The molecule has 0 unspecified atom stereocenters. The number of aromatic nitrogens is 2. The lowest BCUT2D eigenvalue weighted by Crippen LogP contribution is -2.27. The van der Waals surface area contributed by atoms with Crippen LogP contribution in [0.2, 0.25) is 25.7 Å². The van der Waals surface area contributed by atoms with Gasteiger partial charge in [-0.15, -0.1) is 0 Å². The van der Waals surface area contributed by atoms with Crippen molar-refractivity contribution in [2.75, 3.05) is 31.1 Å². The van der Waals surface area contributed by atoms with Crippen LogP contribution >= 0.6 is 0 Å². The Bertz CT molecular complexity index is 1870. The van der Waals surface area contributed by atoms with E-state index in [9.17, 15) is 9.59 Å². The number of ether oxygens (including phenoxy) is 6. The average Bonchev–Trinajstić information content (AvgIpc) is 3.64. The minimum Gasteiger partial charge on any atom is -0.490 e. The Morgan fingerprint density at radius 3 is 2.33 bits per heavy atom. The van der Waals surface area contributed by atoms with E-state index in [1.807, 2.05) is 39.0 Å². The van der Waals surface area contributed by atoms with E-state index in [4.69, 9.17) is 33.4 Å². The molecule has 1 amide bonds. The van der Waals surface area contributed by atoms with Crippen molar-refractivity contribution in [3.63, 3.8) is 0 Å². The van der Waals surface area contributed by atoms with Crippen LogP contribution in [0.5, 0.6) is 17.2 Å². The number of rotatable bonds is 16. The maximum atomic E-state index is 12.3. The number of hydrogen-bond acceptors (Lipinski definition) is 11. The van der Waals surface area contributed by atoms with Gasteiger partial charge < -0.3 is 33.7 Å². The highest BCUT2D eigenvalue weighted by atomic mass is 28.3. The summed E-state index contributed by atoms with van der Waals surface area (Å²) in [5, 5.41) is 6.06. The third kappa shape index (κ3) is 12.5. The van der Waals surface area contributed by atoms with Crippen LogP contribution in [-0.4, -0.2) is 62.3 Å². The van der Waals surface area contributed by atoms with Crippen molar-refractivity contribution in [1.29, 1.82) is 0 Å². The van der Waals surface area contributed by atoms with E-state index in [1.165, 1.54) is 7.11 Å². The van der Waals surface area contributed by atoms with Gasteiger partial charge in [0.1, 0.15) is 29.5 Å². The highest BCUT2D eigenvalue weighted by molar-refractivity contribution is 6.76. The lowest BCUT2D eigenvalue weighted by Gasteiger charge is -2.20. The molecule has 0 atom stereocenters. The molecule has 1 saturated carbocycles. The number of hydrogen-bond donors (Lipinski definition) is 2. The van der Waals surface area contributed by atoms with Gasteiger partial charge in [-0.05, 0) is 119 Å². The average molecular weight is 757 g/mol. The topological polar surface area (TPSA) is 139 Å². The van der Waals surface area contributed by atoms with Crippen LogP contribution in [0.15, 0.2) is 72.9 Å². The van der Waals surface area contributed by atoms with Crippen LogP contribution < -0.4 is 24.8 Å². The van der Waals surface area contributed by atoms with E-state index >= 15 is 0 Å². The third-order valence-electron chi connectivity index (χ3n) is 8.43. The molecule has 54 heavy (non-hydrogen) atoms. The highest BCUT2D eigenvalue weighted by Gasteiger charge is 2.20. The zero-order chi connectivity index (χ0) is 38.7. The normalized spacial score (nSPS) is 13.2. The molecule has 1 aliphatic rings. The number of carbonyl (C=O) groups is 2. The number of anilines is 3. The summed E-state index contributed by atoms with van der Waals surface area (Å²) in [5.74, 6) is 1.72. The van der Waals surface area contributed by atoms with Crippen molar-refractivity contribution in [1.82, 2.24) is 9.97 Å². The van der Waals surface area contributed by atoms with E-state index in [0.29, 0.717) is 46.6 Å². The van der Waals surface area contributed by atoms with E-state index in [-0.39, 0.29) is 19.5 Å². The summed E-state index contributed by atoms with van der Waals surface area (Å²) in [6.07, 6.45) is 5.64. The zero-order valence-corrected chi connectivity index (χ0v) is 33.3. The number of nitrogens with zero attached hydrogens (tertiary/aromatic N) is 2. The Balaban J connectivity index is 1.32. The molecule has 0 radical (unpaired) electrons. The van der Waals surface area contributed by atoms with Crippen LogP contribution in [0.25, 0.3) is 11.3 Å². The second-order valence-corrected chi connectivity index (χ2v) is 21.0. The monoisotopic (exact) mass is 756 g/mol. The predicted molar refractivity (Wildman–Crippen MR) is 212 cm³/mol. The van der Waals surface area contributed by atoms with E-state index in [2.05, 4.69) is 35.3 Å².